The Kier molecular flexibility index (Phi) is 7.32. The van der Waals surface area contributed by atoms with Crippen LogP contribution in [0.2, 0.25) is 0 Å². The quantitative estimate of drug-likeness (QED) is 0.452. The van der Waals surface area contributed by atoms with Crippen LogP contribution in [0.25, 0.3) is 17.2 Å². The van der Waals surface area contributed by atoms with E-state index in [1.807, 2.05) is 0 Å². The number of hydrogen-bond donors (Lipinski definition) is 1. The van der Waals surface area contributed by atoms with Crippen LogP contribution in [-0.4, -0.2) is 44.1 Å². The molecular weight excluding hydrogens is 521 g/mol. The summed E-state index contributed by atoms with van der Waals surface area (Å²) in [5.41, 5.74) is 1.01. The van der Waals surface area contributed by atoms with Gasteiger partial charge in [0.25, 0.3) is 10.0 Å². The van der Waals surface area contributed by atoms with Crippen LogP contribution in [0.5, 0.6) is 0 Å². The van der Waals surface area contributed by atoms with Crippen molar-refractivity contribution in [3.63, 3.8) is 0 Å². The van der Waals surface area contributed by atoms with Gasteiger partial charge in [0.15, 0.2) is 0 Å². The Morgan fingerprint density at radius 3 is 2.29 bits per heavy atom. The van der Waals surface area contributed by atoms with Gasteiger partial charge in [-0.3, -0.25) is 13.7 Å². The van der Waals surface area contributed by atoms with Crippen molar-refractivity contribution in [3.8, 4) is 0 Å². The lowest BCUT2D eigenvalue weighted by Gasteiger charge is -2.20. The highest BCUT2D eigenvalue weighted by atomic mass is 32.2. The molecule has 12 heteroatoms. The Hall–Kier alpha value is -3.38. The number of halogens is 3. The standard InChI is InChI=1S/C26H29F3N4O4S/c1-25(2,3)24(34)30-18-5-8-20(9-6-18)38(35,36)32(4)19-7-10-22-21(15-19)31-23(26(27,28)29)33(22)16-17-11-13-37-14-12-17/h5-10,15-16H,11-14H2,1-4H3,(H,30,34). The molecule has 1 aliphatic heterocycles. The lowest BCUT2D eigenvalue weighted by molar-refractivity contribution is -0.145. The fourth-order valence-corrected chi connectivity index (χ4v) is 5.07. The maximum Gasteiger partial charge on any atom is 0.450 e. The number of carbonyl (C=O) groups excluding carboxylic acids is 1. The first-order valence-corrected chi connectivity index (χ1v) is 13.4. The van der Waals surface area contributed by atoms with Crippen molar-refractivity contribution in [2.75, 3.05) is 29.9 Å². The van der Waals surface area contributed by atoms with Crippen molar-refractivity contribution in [2.45, 2.75) is 44.7 Å². The average molecular weight is 551 g/mol. The third-order valence-electron chi connectivity index (χ3n) is 6.19. The van der Waals surface area contributed by atoms with E-state index in [9.17, 15) is 26.4 Å². The van der Waals surface area contributed by atoms with Crippen molar-refractivity contribution in [1.82, 2.24) is 9.55 Å². The minimum absolute atomic E-state index is 0.0148. The van der Waals surface area contributed by atoms with Crippen LogP contribution < -0.4 is 9.62 Å². The van der Waals surface area contributed by atoms with Crippen molar-refractivity contribution in [2.24, 2.45) is 5.41 Å². The molecule has 204 valence electrons. The molecule has 0 bridgehead atoms. The number of benzene rings is 2. The molecule has 4 rings (SSSR count). The third-order valence-corrected chi connectivity index (χ3v) is 7.99. The zero-order chi connectivity index (χ0) is 27.9. The van der Waals surface area contributed by atoms with Crippen LogP contribution in [0.15, 0.2) is 52.9 Å². The molecule has 1 fully saturated rings. The molecule has 1 aliphatic rings. The summed E-state index contributed by atoms with van der Waals surface area (Å²) < 4.78 is 75.3. The van der Waals surface area contributed by atoms with Crippen LogP contribution in [0.3, 0.4) is 0 Å². The number of alkyl halides is 3. The Bertz CT molecular complexity index is 1480. The van der Waals surface area contributed by atoms with E-state index >= 15 is 0 Å². The summed E-state index contributed by atoms with van der Waals surface area (Å²) in [5.74, 6) is -1.30. The molecule has 0 unspecified atom stereocenters. The van der Waals surface area contributed by atoms with Gasteiger partial charge in [0, 0.05) is 24.4 Å². The zero-order valence-corrected chi connectivity index (χ0v) is 22.3. The smallest absolute Gasteiger partial charge is 0.381 e. The van der Waals surface area contributed by atoms with Crippen LogP contribution in [0.4, 0.5) is 24.5 Å². The van der Waals surface area contributed by atoms with Crippen LogP contribution in [0, 0.1) is 5.41 Å². The van der Waals surface area contributed by atoms with E-state index in [2.05, 4.69) is 10.3 Å². The highest BCUT2D eigenvalue weighted by Gasteiger charge is 2.37. The van der Waals surface area contributed by atoms with E-state index in [1.54, 1.807) is 20.8 Å². The van der Waals surface area contributed by atoms with E-state index < -0.39 is 27.4 Å². The Morgan fingerprint density at radius 1 is 1.08 bits per heavy atom. The minimum atomic E-state index is -4.70. The molecule has 1 amide bonds. The molecule has 2 heterocycles. The van der Waals surface area contributed by atoms with Crippen molar-refractivity contribution >= 4 is 44.5 Å². The highest BCUT2D eigenvalue weighted by molar-refractivity contribution is 7.92. The summed E-state index contributed by atoms with van der Waals surface area (Å²) in [4.78, 5) is 16.0. The number of anilines is 2. The molecule has 1 saturated heterocycles. The number of amides is 1. The maximum absolute atomic E-state index is 13.8. The van der Waals surface area contributed by atoms with E-state index in [0.29, 0.717) is 31.7 Å². The fraction of sp³-hybridized carbons (Fsp3) is 0.385. The minimum Gasteiger partial charge on any atom is -0.381 e. The first-order valence-electron chi connectivity index (χ1n) is 11.9. The summed E-state index contributed by atoms with van der Waals surface area (Å²) in [6, 6.07) is 9.87. The summed E-state index contributed by atoms with van der Waals surface area (Å²) in [7, 11) is -2.73. The van der Waals surface area contributed by atoms with Gasteiger partial charge in [-0.1, -0.05) is 20.8 Å². The van der Waals surface area contributed by atoms with Crippen molar-refractivity contribution < 1.29 is 31.1 Å². The van der Waals surface area contributed by atoms with Gasteiger partial charge in [-0.2, -0.15) is 13.2 Å². The topological polar surface area (TPSA) is 93.5 Å². The van der Waals surface area contributed by atoms with Gasteiger partial charge in [0.1, 0.15) is 0 Å². The molecule has 38 heavy (non-hydrogen) atoms. The van der Waals surface area contributed by atoms with Crippen molar-refractivity contribution in [1.29, 1.82) is 0 Å². The number of imidazole rings is 1. The molecule has 0 aliphatic carbocycles. The third kappa shape index (κ3) is 5.70. The molecule has 0 atom stereocenters. The summed E-state index contributed by atoms with van der Waals surface area (Å²) in [6.07, 6.45) is -2.21. The first kappa shape index (κ1) is 27.6. The molecule has 2 aromatic carbocycles. The lowest BCUT2D eigenvalue weighted by Crippen LogP contribution is -2.28. The van der Waals surface area contributed by atoms with Gasteiger partial charge in [-0.15, -0.1) is 0 Å². The van der Waals surface area contributed by atoms with E-state index in [-0.39, 0.29) is 27.5 Å². The number of ether oxygens (including phenoxy) is 1. The monoisotopic (exact) mass is 550 g/mol. The van der Waals surface area contributed by atoms with Crippen LogP contribution in [0.1, 0.15) is 39.4 Å². The molecule has 8 nitrogen and oxygen atoms in total. The van der Waals surface area contributed by atoms with E-state index in [4.69, 9.17) is 4.74 Å². The molecule has 0 saturated carbocycles. The number of nitrogens with zero attached hydrogens (tertiary/aromatic N) is 3. The van der Waals surface area contributed by atoms with Gasteiger partial charge in [-0.25, -0.2) is 13.4 Å². The van der Waals surface area contributed by atoms with Gasteiger partial charge in [0.2, 0.25) is 11.7 Å². The molecule has 0 spiro atoms. The second-order valence-corrected chi connectivity index (χ2v) is 12.0. The SMILES string of the molecule is CN(c1ccc2c(c1)nc(C(F)(F)F)n2C=C1CCOCC1)S(=O)(=O)c1ccc(NC(=O)C(C)(C)C)cc1. The molecular formula is C26H29F3N4O4S. The second kappa shape index (κ2) is 10.1. The molecule has 0 radical (unpaired) electrons. The fourth-order valence-electron chi connectivity index (χ4n) is 3.88. The van der Waals surface area contributed by atoms with E-state index in [0.717, 1.165) is 14.4 Å². The largest absolute Gasteiger partial charge is 0.450 e. The van der Waals surface area contributed by atoms with Gasteiger partial charge in [0.05, 0.1) is 34.8 Å². The molecule has 1 N–H and O–H groups in total. The van der Waals surface area contributed by atoms with Gasteiger partial charge >= 0.3 is 6.18 Å². The lowest BCUT2D eigenvalue weighted by atomic mass is 9.95. The number of fused-ring (bicyclic) bond motifs is 1. The summed E-state index contributed by atoms with van der Waals surface area (Å²) in [6.45, 7) is 6.16. The van der Waals surface area contributed by atoms with Crippen LogP contribution >= 0.6 is 0 Å². The molecule has 3 aromatic rings. The number of hydrogen-bond acceptors (Lipinski definition) is 5. The number of aromatic nitrogens is 2. The predicted octanol–water partition coefficient (Wildman–Crippen LogP) is 5.52. The predicted molar refractivity (Wildman–Crippen MR) is 139 cm³/mol. The molecule has 1 aromatic heterocycles. The summed E-state index contributed by atoms with van der Waals surface area (Å²) in [5, 5.41) is 2.73. The highest BCUT2D eigenvalue weighted by Crippen LogP contribution is 2.34. The maximum atomic E-state index is 13.8. The number of carbonyl (C=O) groups is 1. The second-order valence-electron chi connectivity index (χ2n) is 10.1. The Morgan fingerprint density at radius 2 is 1.71 bits per heavy atom. The Labute approximate surface area is 219 Å². The van der Waals surface area contributed by atoms with Gasteiger partial charge in [-0.05, 0) is 60.9 Å². The summed E-state index contributed by atoms with van der Waals surface area (Å²) >= 11 is 0. The van der Waals surface area contributed by atoms with Crippen LogP contribution in [-0.2, 0) is 25.7 Å². The van der Waals surface area contributed by atoms with Gasteiger partial charge < -0.3 is 10.1 Å². The number of rotatable bonds is 5. The zero-order valence-electron chi connectivity index (χ0n) is 21.5. The van der Waals surface area contributed by atoms with Crippen molar-refractivity contribution in [3.05, 3.63) is 53.9 Å². The van der Waals surface area contributed by atoms with E-state index in [1.165, 1.54) is 55.7 Å². The average Bonchev–Trinajstić information content (AvgIpc) is 3.22. The normalized spacial score (nSPS) is 15.0. The Balaban J connectivity index is 1.66. The first-order chi connectivity index (χ1) is 17.7. The number of nitrogens with one attached hydrogen (secondary N) is 1. The number of sulfonamides is 1.